The summed E-state index contributed by atoms with van der Waals surface area (Å²) in [4.78, 5) is 0. The summed E-state index contributed by atoms with van der Waals surface area (Å²) in [6, 6.07) is 10.2. The first-order chi connectivity index (χ1) is 9.76. The normalized spacial score (nSPS) is 13.0. The average Bonchev–Trinajstić information content (AvgIpc) is 2.39. The second-order valence-corrected chi connectivity index (χ2v) is 4.94. The van der Waals surface area contributed by atoms with E-state index >= 15 is 0 Å². The third kappa shape index (κ3) is 4.12. The number of rotatable bonds is 3. The number of aliphatic hydroxyl groups excluding tert-OH is 1. The van der Waals surface area contributed by atoms with Crippen LogP contribution >= 0.6 is 11.6 Å². The van der Waals surface area contributed by atoms with E-state index in [9.17, 15) is 18.3 Å². The monoisotopic (exact) mass is 316 g/mol. The summed E-state index contributed by atoms with van der Waals surface area (Å²) >= 11 is 5.90. The molecule has 112 valence electrons. The van der Waals surface area contributed by atoms with Crippen LogP contribution in [-0.2, 0) is 0 Å². The Kier molecular flexibility index (Phi) is 4.44. The van der Waals surface area contributed by atoms with Crippen molar-refractivity contribution in [2.24, 2.45) is 0 Å². The highest BCUT2D eigenvalue weighted by Gasteiger charge is 2.31. The topological polar surface area (TPSA) is 29.5 Å². The van der Waals surface area contributed by atoms with Gasteiger partial charge in [-0.05, 0) is 41.8 Å². The quantitative estimate of drug-likeness (QED) is 0.894. The van der Waals surface area contributed by atoms with Gasteiger partial charge in [0.2, 0.25) is 0 Å². The molecule has 2 nitrogen and oxygen atoms in total. The van der Waals surface area contributed by atoms with Crippen LogP contribution in [0.5, 0.6) is 5.75 Å². The summed E-state index contributed by atoms with van der Waals surface area (Å²) in [5, 5.41) is 10.8. The summed E-state index contributed by atoms with van der Waals surface area (Å²) < 4.78 is 40.4. The molecule has 0 aliphatic carbocycles. The van der Waals surface area contributed by atoms with E-state index < -0.39 is 12.5 Å². The van der Waals surface area contributed by atoms with Gasteiger partial charge in [-0.2, -0.15) is 0 Å². The van der Waals surface area contributed by atoms with E-state index in [1.165, 1.54) is 18.2 Å². The van der Waals surface area contributed by atoms with Crippen molar-refractivity contribution in [3.05, 3.63) is 64.2 Å². The molecule has 0 bridgehead atoms. The van der Waals surface area contributed by atoms with Gasteiger partial charge in [0.05, 0.1) is 0 Å². The lowest BCUT2D eigenvalue weighted by atomic mass is 10.00. The van der Waals surface area contributed by atoms with Crippen molar-refractivity contribution >= 4 is 11.6 Å². The zero-order valence-electron chi connectivity index (χ0n) is 11.0. The lowest BCUT2D eigenvalue weighted by molar-refractivity contribution is -0.274. The van der Waals surface area contributed by atoms with Crippen LogP contribution < -0.4 is 4.74 Å². The maximum Gasteiger partial charge on any atom is 0.573 e. The zero-order valence-corrected chi connectivity index (χ0v) is 11.7. The van der Waals surface area contributed by atoms with Crippen LogP contribution in [0.3, 0.4) is 0 Å². The zero-order chi connectivity index (χ0) is 15.6. The van der Waals surface area contributed by atoms with E-state index in [4.69, 9.17) is 11.6 Å². The van der Waals surface area contributed by atoms with Gasteiger partial charge in [-0.1, -0.05) is 35.9 Å². The van der Waals surface area contributed by atoms with E-state index in [2.05, 4.69) is 4.74 Å². The van der Waals surface area contributed by atoms with Crippen LogP contribution in [0.2, 0.25) is 5.02 Å². The van der Waals surface area contributed by atoms with Crippen molar-refractivity contribution in [1.29, 1.82) is 0 Å². The van der Waals surface area contributed by atoms with Gasteiger partial charge in [0, 0.05) is 5.02 Å². The molecule has 2 aromatic rings. The predicted octanol–water partition coefficient (Wildman–Crippen LogP) is 4.63. The number of hydrogen-bond donors (Lipinski definition) is 1. The summed E-state index contributed by atoms with van der Waals surface area (Å²) in [5.74, 6) is -0.371. The van der Waals surface area contributed by atoms with Crippen LogP contribution in [-0.4, -0.2) is 11.5 Å². The van der Waals surface area contributed by atoms with Gasteiger partial charge in [0.15, 0.2) is 0 Å². The first kappa shape index (κ1) is 15.7. The molecule has 6 heteroatoms. The number of benzene rings is 2. The number of alkyl halides is 3. The van der Waals surface area contributed by atoms with E-state index in [1.54, 1.807) is 25.1 Å². The molecule has 0 fully saturated rings. The van der Waals surface area contributed by atoms with Crippen molar-refractivity contribution in [2.45, 2.75) is 19.4 Å². The van der Waals surface area contributed by atoms with Gasteiger partial charge in [0.1, 0.15) is 11.9 Å². The Morgan fingerprint density at radius 2 is 1.76 bits per heavy atom. The predicted molar refractivity (Wildman–Crippen MR) is 73.4 cm³/mol. The summed E-state index contributed by atoms with van der Waals surface area (Å²) in [7, 11) is 0. The van der Waals surface area contributed by atoms with Crippen molar-refractivity contribution in [3.8, 4) is 5.75 Å². The average molecular weight is 317 g/mol. The number of aryl methyl sites for hydroxylation is 1. The Bertz CT molecular complexity index is 641. The molecule has 1 atom stereocenters. The molecular weight excluding hydrogens is 305 g/mol. The molecule has 2 rings (SSSR count). The summed E-state index contributed by atoms with van der Waals surface area (Å²) in [5.41, 5.74) is 1.62. The van der Waals surface area contributed by atoms with Crippen LogP contribution in [0.15, 0.2) is 42.5 Å². The van der Waals surface area contributed by atoms with Crippen LogP contribution in [0.25, 0.3) is 0 Å². The molecular formula is C15H12ClF3O2. The third-order valence-electron chi connectivity index (χ3n) is 2.91. The first-order valence-electron chi connectivity index (χ1n) is 6.06. The Labute approximate surface area is 124 Å². The molecule has 1 unspecified atom stereocenters. The molecule has 0 spiro atoms. The smallest absolute Gasteiger partial charge is 0.406 e. The van der Waals surface area contributed by atoms with Gasteiger partial charge in [-0.3, -0.25) is 0 Å². The number of hydrogen-bond acceptors (Lipinski definition) is 2. The lowest BCUT2D eigenvalue weighted by Crippen LogP contribution is -2.17. The molecule has 1 N–H and O–H groups in total. The second kappa shape index (κ2) is 5.95. The Morgan fingerprint density at radius 1 is 1.10 bits per heavy atom. The first-order valence-corrected chi connectivity index (χ1v) is 6.44. The molecule has 0 aromatic heterocycles. The van der Waals surface area contributed by atoms with Crippen molar-refractivity contribution in [3.63, 3.8) is 0 Å². The molecule has 21 heavy (non-hydrogen) atoms. The highest BCUT2D eigenvalue weighted by molar-refractivity contribution is 6.31. The molecule has 0 saturated heterocycles. The van der Waals surface area contributed by atoms with E-state index in [0.717, 1.165) is 11.6 Å². The Hall–Kier alpha value is -1.72. The molecule has 0 aliphatic heterocycles. The number of halogens is 4. The van der Waals surface area contributed by atoms with Gasteiger partial charge < -0.3 is 9.84 Å². The molecule has 2 aromatic carbocycles. The lowest BCUT2D eigenvalue weighted by Gasteiger charge is -2.15. The number of aliphatic hydroxyl groups is 1. The van der Waals surface area contributed by atoms with E-state index in [-0.39, 0.29) is 5.75 Å². The maximum absolute atomic E-state index is 12.2. The molecule has 0 amide bonds. The molecule has 0 radical (unpaired) electrons. The third-order valence-corrected chi connectivity index (χ3v) is 3.33. The minimum atomic E-state index is -4.76. The van der Waals surface area contributed by atoms with Crippen molar-refractivity contribution in [1.82, 2.24) is 0 Å². The standard InChI is InChI=1S/C15H12ClF3O2/c1-9-7-11(5-6-13(9)16)14(20)10-3-2-4-12(8-10)21-15(17,18)19/h2-8,14,20H,1H3. The number of ether oxygens (including phenoxy) is 1. The fourth-order valence-electron chi connectivity index (χ4n) is 1.91. The minimum absolute atomic E-state index is 0.304. The second-order valence-electron chi connectivity index (χ2n) is 4.53. The van der Waals surface area contributed by atoms with Gasteiger partial charge in [-0.15, -0.1) is 13.2 Å². The fourth-order valence-corrected chi connectivity index (χ4v) is 2.03. The van der Waals surface area contributed by atoms with Crippen LogP contribution in [0.1, 0.15) is 22.8 Å². The van der Waals surface area contributed by atoms with Crippen LogP contribution in [0, 0.1) is 6.92 Å². The Morgan fingerprint density at radius 3 is 2.38 bits per heavy atom. The fraction of sp³-hybridized carbons (Fsp3) is 0.200. The largest absolute Gasteiger partial charge is 0.573 e. The molecule has 0 aliphatic rings. The van der Waals surface area contributed by atoms with Crippen molar-refractivity contribution in [2.75, 3.05) is 0 Å². The Balaban J connectivity index is 2.28. The van der Waals surface area contributed by atoms with E-state index in [1.807, 2.05) is 0 Å². The molecule has 0 saturated carbocycles. The van der Waals surface area contributed by atoms with Gasteiger partial charge in [0.25, 0.3) is 0 Å². The highest BCUT2D eigenvalue weighted by Crippen LogP contribution is 2.29. The maximum atomic E-state index is 12.2. The molecule has 0 heterocycles. The van der Waals surface area contributed by atoms with Gasteiger partial charge in [-0.25, -0.2) is 0 Å². The summed E-state index contributed by atoms with van der Waals surface area (Å²) in [6.45, 7) is 1.78. The minimum Gasteiger partial charge on any atom is -0.406 e. The van der Waals surface area contributed by atoms with E-state index in [0.29, 0.717) is 16.1 Å². The summed E-state index contributed by atoms with van der Waals surface area (Å²) in [6.07, 6.45) is -5.82. The SMILES string of the molecule is Cc1cc(C(O)c2cccc(OC(F)(F)F)c2)ccc1Cl. The van der Waals surface area contributed by atoms with Gasteiger partial charge >= 0.3 is 6.36 Å². The highest BCUT2D eigenvalue weighted by atomic mass is 35.5. The van der Waals surface area contributed by atoms with Crippen LogP contribution in [0.4, 0.5) is 13.2 Å². The van der Waals surface area contributed by atoms with Crippen molar-refractivity contribution < 1.29 is 23.0 Å².